The molecule has 1 fully saturated rings. The van der Waals surface area contributed by atoms with Crippen LogP contribution < -0.4 is 0 Å². The van der Waals surface area contributed by atoms with Crippen molar-refractivity contribution >= 4 is 0 Å². The number of hydrogen-bond acceptors (Lipinski definition) is 2. The molecule has 0 heterocycles. The van der Waals surface area contributed by atoms with Gasteiger partial charge in [-0.15, -0.1) is 6.58 Å². The van der Waals surface area contributed by atoms with E-state index in [0.29, 0.717) is 12.8 Å². The topological polar surface area (TPSA) is 40.5 Å². The van der Waals surface area contributed by atoms with Gasteiger partial charge < -0.3 is 10.2 Å². The molecule has 0 aromatic rings. The Kier molecular flexibility index (Phi) is 2.68. The van der Waals surface area contributed by atoms with Crippen molar-refractivity contribution < 1.29 is 10.2 Å². The average molecular weight is 156 g/mol. The number of rotatable bonds is 2. The van der Waals surface area contributed by atoms with Crippen LogP contribution in [0.5, 0.6) is 0 Å². The van der Waals surface area contributed by atoms with Crippen LogP contribution in [0.3, 0.4) is 0 Å². The normalized spacial score (nSPS) is 38.5. The molecule has 1 saturated carbocycles. The lowest BCUT2D eigenvalue weighted by atomic mass is 9.81. The number of aliphatic hydroxyl groups excluding tert-OH is 1. The van der Waals surface area contributed by atoms with Gasteiger partial charge in [0.25, 0.3) is 0 Å². The van der Waals surface area contributed by atoms with E-state index in [-0.39, 0.29) is 6.10 Å². The van der Waals surface area contributed by atoms with Gasteiger partial charge in [-0.3, -0.25) is 0 Å². The minimum atomic E-state index is -0.667. The smallest absolute Gasteiger partial charge is 0.0706 e. The molecule has 2 nitrogen and oxygen atoms in total. The van der Waals surface area contributed by atoms with E-state index in [1.54, 1.807) is 6.08 Å². The van der Waals surface area contributed by atoms with E-state index in [0.717, 1.165) is 19.3 Å². The Balaban J connectivity index is 2.47. The van der Waals surface area contributed by atoms with Gasteiger partial charge in [-0.05, 0) is 25.7 Å². The zero-order valence-corrected chi connectivity index (χ0v) is 6.79. The van der Waals surface area contributed by atoms with Gasteiger partial charge in [-0.1, -0.05) is 6.08 Å². The van der Waals surface area contributed by atoms with E-state index >= 15 is 0 Å². The van der Waals surface area contributed by atoms with Gasteiger partial charge in [0, 0.05) is 6.42 Å². The Morgan fingerprint density at radius 3 is 2.91 bits per heavy atom. The molecule has 2 heteroatoms. The highest BCUT2D eigenvalue weighted by Gasteiger charge is 2.31. The second-order valence-corrected chi connectivity index (χ2v) is 3.47. The molecule has 0 unspecified atom stereocenters. The van der Waals surface area contributed by atoms with Crippen LogP contribution in [-0.4, -0.2) is 21.9 Å². The lowest BCUT2D eigenvalue weighted by molar-refractivity contribution is -0.0426. The Hall–Kier alpha value is -0.340. The van der Waals surface area contributed by atoms with Crippen LogP contribution in [0.1, 0.15) is 32.1 Å². The first kappa shape index (κ1) is 8.75. The van der Waals surface area contributed by atoms with Crippen molar-refractivity contribution in [3.63, 3.8) is 0 Å². The monoisotopic (exact) mass is 156 g/mol. The summed E-state index contributed by atoms with van der Waals surface area (Å²) < 4.78 is 0. The predicted octanol–water partition coefficient (Wildman–Crippen LogP) is 1.23. The zero-order valence-electron chi connectivity index (χ0n) is 6.79. The standard InChI is InChI=1S/C9H16O2/c1-2-5-9(11)6-3-4-8(10)7-9/h2,8,10-11H,1,3-7H2/t8-,9-/m1/s1. The summed E-state index contributed by atoms with van der Waals surface area (Å²) in [6.45, 7) is 3.58. The molecule has 64 valence electrons. The molecule has 0 saturated heterocycles. The van der Waals surface area contributed by atoms with Crippen LogP contribution in [0.15, 0.2) is 12.7 Å². The van der Waals surface area contributed by atoms with E-state index in [1.807, 2.05) is 0 Å². The fraction of sp³-hybridized carbons (Fsp3) is 0.778. The van der Waals surface area contributed by atoms with Crippen molar-refractivity contribution in [1.82, 2.24) is 0 Å². The molecule has 2 atom stereocenters. The third-order valence-electron chi connectivity index (χ3n) is 2.32. The highest BCUT2D eigenvalue weighted by molar-refractivity contribution is 4.91. The van der Waals surface area contributed by atoms with Crippen molar-refractivity contribution in [3.05, 3.63) is 12.7 Å². The van der Waals surface area contributed by atoms with Gasteiger partial charge in [0.05, 0.1) is 11.7 Å². The molecule has 0 amide bonds. The van der Waals surface area contributed by atoms with Crippen molar-refractivity contribution in [2.75, 3.05) is 0 Å². The molecule has 0 radical (unpaired) electrons. The minimum absolute atomic E-state index is 0.311. The molecule has 1 aliphatic rings. The number of hydrogen-bond donors (Lipinski definition) is 2. The fourth-order valence-electron chi connectivity index (χ4n) is 1.76. The first-order valence-corrected chi connectivity index (χ1v) is 4.18. The van der Waals surface area contributed by atoms with Gasteiger partial charge in [0.1, 0.15) is 0 Å². The highest BCUT2D eigenvalue weighted by atomic mass is 16.3. The van der Waals surface area contributed by atoms with Crippen LogP contribution in [0.4, 0.5) is 0 Å². The van der Waals surface area contributed by atoms with Crippen LogP contribution in [-0.2, 0) is 0 Å². The van der Waals surface area contributed by atoms with Gasteiger partial charge in [-0.2, -0.15) is 0 Å². The first-order valence-electron chi connectivity index (χ1n) is 4.18. The van der Waals surface area contributed by atoms with Gasteiger partial charge >= 0.3 is 0 Å². The lowest BCUT2D eigenvalue weighted by Crippen LogP contribution is -2.36. The third kappa shape index (κ3) is 2.31. The van der Waals surface area contributed by atoms with Crippen LogP contribution in [0.2, 0.25) is 0 Å². The number of aliphatic hydroxyl groups is 2. The van der Waals surface area contributed by atoms with Crippen molar-refractivity contribution in [3.8, 4) is 0 Å². The predicted molar refractivity (Wildman–Crippen MR) is 44.2 cm³/mol. The molecular weight excluding hydrogens is 140 g/mol. The SMILES string of the molecule is C=CC[C@@]1(O)CCC[C@@H](O)C1. The van der Waals surface area contributed by atoms with Gasteiger partial charge in [0.15, 0.2) is 0 Å². The average Bonchev–Trinajstić information content (AvgIpc) is 1.86. The maximum Gasteiger partial charge on any atom is 0.0706 e. The molecule has 0 aromatic carbocycles. The van der Waals surface area contributed by atoms with E-state index in [1.165, 1.54) is 0 Å². The van der Waals surface area contributed by atoms with Crippen LogP contribution in [0.25, 0.3) is 0 Å². The summed E-state index contributed by atoms with van der Waals surface area (Å²) in [7, 11) is 0. The van der Waals surface area contributed by atoms with E-state index in [4.69, 9.17) is 0 Å². The van der Waals surface area contributed by atoms with Crippen molar-refractivity contribution in [2.45, 2.75) is 43.8 Å². The molecule has 0 bridgehead atoms. The molecule has 11 heavy (non-hydrogen) atoms. The van der Waals surface area contributed by atoms with Gasteiger partial charge in [0.2, 0.25) is 0 Å². The third-order valence-corrected chi connectivity index (χ3v) is 2.32. The quantitative estimate of drug-likeness (QED) is 0.590. The second-order valence-electron chi connectivity index (χ2n) is 3.47. The first-order chi connectivity index (χ1) is 5.16. The summed E-state index contributed by atoms with van der Waals surface area (Å²) in [4.78, 5) is 0. The molecule has 1 rings (SSSR count). The maximum atomic E-state index is 9.81. The van der Waals surface area contributed by atoms with E-state index in [2.05, 4.69) is 6.58 Å². The Morgan fingerprint density at radius 1 is 1.64 bits per heavy atom. The summed E-state index contributed by atoms with van der Waals surface area (Å²) in [5.41, 5.74) is -0.667. The zero-order chi connectivity index (χ0) is 8.32. The van der Waals surface area contributed by atoms with Crippen molar-refractivity contribution in [1.29, 1.82) is 0 Å². The summed E-state index contributed by atoms with van der Waals surface area (Å²) >= 11 is 0. The Labute approximate surface area is 67.6 Å². The lowest BCUT2D eigenvalue weighted by Gasteiger charge is -2.33. The molecule has 0 spiro atoms. The summed E-state index contributed by atoms with van der Waals surface area (Å²) in [6.07, 6.45) is 5.08. The Bertz CT molecular complexity index is 144. The van der Waals surface area contributed by atoms with E-state index < -0.39 is 5.60 Å². The summed E-state index contributed by atoms with van der Waals surface area (Å²) in [6, 6.07) is 0. The summed E-state index contributed by atoms with van der Waals surface area (Å²) in [5.74, 6) is 0. The molecule has 2 N–H and O–H groups in total. The molecular formula is C9H16O2. The molecule has 1 aliphatic carbocycles. The largest absolute Gasteiger partial charge is 0.393 e. The fourth-order valence-corrected chi connectivity index (χ4v) is 1.76. The highest BCUT2D eigenvalue weighted by Crippen LogP contribution is 2.31. The maximum absolute atomic E-state index is 9.81. The summed E-state index contributed by atoms with van der Waals surface area (Å²) in [5, 5.41) is 19.1. The molecule has 0 aromatic heterocycles. The molecule has 0 aliphatic heterocycles. The van der Waals surface area contributed by atoms with E-state index in [9.17, 15) is 10.2 Å². The van der Waals surface area contributed by atoms with Crippen LogP contribution >= 0.6 is 0 Å². The van der Waals surface area contributed by atoms with Gasteiger partial charge in [-0.25, -0.2) is 0 Å². The second kappa shape index (κ2) is 3.37. The van der Waals surface area contributed by atoms with Crippen molar-refractivity contribution in [2.24, 2.45) is 0 Å². The van der Waals surface area contributed by atoms with Crippen LogP contribution in [0, 0.1) is 0 Å². The minimum Gasteiger partial charge on any atom is -0.393 e. The Morgan fingerprint density at radius 2 is 2.36 bits per heavy atom.